The predicted molar refractivity (Wildman–Crippen MR) is 101 cm³/mol. The molecule has 0 atom stereocenters. The SMILES string of the molecule is CC(C)(C(=O)Nc1ccn(Cc2ccccc2Cl)n1)n1cc(Br)cn1. The summed E-state index contributed by atoms with van der Waals surface area (Å²) in [7, 11) is 0. The van der Waals surface area contributed by atoms with Crippen LogP contribution in [0.1, 0.15) is 19.4 Å². The molecule has 0 aliphatic heterocycles. The Morgan fingerprint density at radius 2 is 2.08 bits per heavy atom. The molecular formula is C17H17BrClN5O. The van der Waals surface area contributed by atoms with Crippen molar-refractivity contribution in [1.29, 1.82) is 0 Å². The Bertz CT molecular complexity index is 902. The maximum Gasteiger partial charge on any atom is 0.252 e. The van der Waals surface area contributed by atoms with Crippen LogP contribution in [0.2, 0.25) is 5.02 Å². The first kappa shape index (κ1) is 17.7. The van der Waals surface area contributed by atoms with E-state index in [1.54, 1.807) is 47.9 Å². The fourth-order valence-electron chi connectivity index (χ4n) is 2.30. The van der Waals surface area contributed by atoms with Crippen molar-refractivity contribution in [2.75, 3.05) is 5.32 Å². The highest BCUT2D eigenvalue weighted by Gasteiger charge is 2.31. The van der Waals surface area contributed by atoms with Crippen molar-refractivity contribution in [1.82, 2.24) is 19.6 Å². The van der Waals surface area contributed by atoms with Crippen molar-refractivity contribution in [3.63, 3.8) is 0 Å². The molecule has 25 heavy (non-hydrogen) atoms. The number of amides is 1. The Morgan fingerprint density at radius 1 is 1.32 bits per heavy atom. The highest BCUT2D eigenvalue weighted by Crippen LogP contribution is 2.20. The molecule has 2 aromatic heterocycles. The summed E-state index contributed by atoms with van der Waals surface area (Å²) in [5, 5.41) is 12.1. The van der Waals surface area contributed by atoms with Gasteiger partial charge in [-0.25, -0.2) is 0 Å². The summed E-state index contributed by atoms with van der Waals surface area (Å²) in [6.45, 7) is 4.12. The smallest absolute Gasteiger partial charge is 0.252 e. The lowest BCUT2D eigenvalue weighted by Crippen LogP contribution is -2.40. The molecule has 0 aliphatic rings. The van der Waals surface area contributed by atoms with E-state index in [2.05, 4.69) is 31.4 Å². The Hall–Kier alpha value is -2.12. The van der Waals surface area contributed by atoms with E-state index in [0.29, 0.717) is 17.4 Å². The summed E-state index contributed by atoms with van der Waals surface area (Å²) in [6.07, 6.45) is 5.21. The van der Waals surface area contributed by atoms with Crippen molar-refractivity contribution in [3.05, 3.63) is 64.0 Å². The molecule has 0 radical (unpaired) electrons. The van der Waals surface area contributed by atoms with Crippen LogP contribution >= 0.6 is 27.5 Å². The molecule has 2 heterocycles. The second-order valence-electron chi connectivity index (χ2n) is 6.11. The molecule has 3 aromatic rings. The number of benzene rings is 1. The molecule has 0 saturated heterocycles. The molecule has 0 spiro atoms. The zero-order valence-electron chi connectivity index (χ0n) is 13.8. The molecule has 1 amide bonds. The lowest BCUT2D eigenvalue weighted by molar-refractivity contribution is -0.123. The van der Waals surface area contributed by atoms with Gasteiger partial charge in [-0.15, -0.1) is 0 Å². The van der Waals surface area contributed by atoms with Crippen LogP contribution in [0.15, 0.2) is 53.4 Å². The minimum atomic E-state index is -0.849. The Kier molecular flexibility index (Phi) is 4.96. The standard InChI is InChI=1S/C17H17BrClN5O/c1-17(2,24-11-13(18)9-20-24)16(25)21-15-7-8-23(22-15)10-12-5-3-4-6-14(12)19/h3-9,11H,10H2,1-2H3,(H,21,22,25). The number of halogens is 2. The van der Waals surface area contributed by atoms with E-state index in [1.165, 1.54) is 0 Å². The van der Waals surface area contributed by atoms with E-state index in [4.69, 9.17) is 11.6 Å². The Morgan fingerprint density at radius 3 is 2.76 bits per heavy atom. The van der Waals surface area contributed by atoms with Gasteiger partial charge in [0.25, 0.3) is 5.91 Å². The quantitative estimate of drug-likeness (QED) is 0.678. The number of anilines is 1. The number of nitrogens with one attached hydrogen (secondary N) is 1. The zero-order chi connectivity index (χ0) is 18.0. The van der Waals surface area contributed by atoms with Gasteiger partial charge in [0.15, 0.2) is 5.82 Å². The Labute approximate surface area is 158 Å². The second kappa shape index (κ2) is 7.01. The molecular weight excluding hydrogens is 406 g/mol. The maximum absolute atomic E-state index is 12.6. The van der Waals surface area contributed by atoms with E-state index >= 15 is 0 Å². The van der Waals surface area contributed by atoms with Gasteiger partial charge in [0.05, 0.1) is 17.2 Å². The molecule has 0 unspecified atom stereocenters. The Balaban J connectivity index is 1.71. The van der Waals surface area contributed by atoms with Crippen LogP contribution in [0, 0.1) is 0 Å². The van der Waals surface area contributed by atoms with Gasteiger partial charge in [-0.1, -0.05) is 29.8 Å². The lowest BCUT2D eigenvalue weighted by Gasteiger charge is -2.23. The lowest BCUT2D eigenvalue weighted by atomic mass is 10.1. The summed E-state index contributed by atoms with van der Waals surface area (Å²) in [4.78, 5) is 12.6. The monoisotopic (exact) mass is 421 g/mol. The molecule has 0 bridgehead atoms. The van der Waals surface area contributed by atoms with Gasteiger partial charge in [0, 0.05) is 23.5 Å². The number of hydrogen-bond donors (Lipinski definition) is 1. The molecule has 6 nitrogen and oxygen atoms in total. The zero-order valence-corrected chi connectivity index (χ0v) is 16.1. The maximum atomic E-state index is 12.6. The van der Waals surface area contributed by atoms with Crippen LogP contribution in [0.3, 0.4) is 0 Å². The van der Waals surface area contributed by atoms with Crippen molar-refractivity contribution in [2.24, 2.45) is 0 Å². The van der Waals surface area contributed by atoms with Gasteiger partial charge >= 0.3 is 0 Å². The molecule has 0 saturated carbocycles. The average molecular weight is 423 g/mol. The van der Waals surface area contributed by atoms with Crippen LogP contribution in [-0.4, -0.2) is 25.5 Å². The van der Waals surface area contributed by atoms with E-state index in [-0.39, 0.29) is 5.91 Å². The fraction of sp³-hybridized carbons (Fsp3) is 0.235. The van der Waals surface area contributed by atoms with Crippen molar-refractivity contribution >= 4 is 39.3 Å². The van der Waals surface area contributed by atoms with Crippen molar-refractivity contribution < 1.29 is 4.79 Å². The van der Waals surface area contributed by atoms with Crippen molar-refractivity contribution in [2.45, 2.75) is 25.9 Å². The molecule has 0 aliphatic carbocycles. The number of carbonyl (C=O) groups excluding carboxylic acids is 1. The van der Waals surface area contributed by atoms with Crippen LogP contribution in [0.4, 0.5) is 5.82 Å². The molecule has 3 rings (SSSR count). The van der Waals surface area contributed by atoms with E-state index in [9.17, 15) is 4.79 Å². The third kappa shape index (κ3) is 3.93. The predicted octanol–water partition coefficient (Wildman–Crippen LogP) is 3.92. The number of hydrogen-bond acceptors (Lipinski definition) is 3. The van der Waals surface area contributed by atoms with Gasteiger partial charge in [0.1, 0.15) is 5.54 Å². The van der Waals surface area contributed by atoms with Crippen LogP contribution in [0.5, 0.6) is 0 Å². The molecule has 8 heteroatoms. The summed E-state index contributed by atoms with van der Waals surface area (Å²) < 4.78 is 4.15. The number of aromatic nitrogens is 4. The molecule has 1 N–H and O–H groups in total. The highest BCUT2D eigenvalue weighted by molar-refractivity contribution is 9.10. The van der Waals surface area contributed by atoms with Crippen LogP contribution < -0.4 is 5.32 Å². The van der Waals surface area contributed by atoms with E-state index in [0.717, 1.165) is 10.0 Å². The molecule has 1 aromatic carbocycles. The minimum absolute atomic E-state index is 0.203. The fourth-order valence-corrected chi connectivity index (χ4v) is 2.78. The first-order valence-electron chi connectivity index (χ1n) is 7.65. The third-order valence-electron chi connectivity index (χ3n) is 3.85. The number of rotatable bonds is 5. The van der Waals surface area contributed by atoms with Gasteiger partial charge in [-0.3, -0.25) is 14.2 Å². The number of carbonyl (C=O) groups is 1. The highest BCUT2D eigenvalue weighted by atomic mass is 79.9. The first-order chi connectivity index (χ1) is 11.9. The van der Waals surface area contributed by atoms with Gasteiger partial charge in [-0.2, -0.15) is 10.2 Å². The van der Waals surface area contributed by atoms with Crippen LogP contribution in [-0.2, 0) is 16.9 Å². The van der Waals surface area contributed by atoms with Crippen LogP contribution in [0.25, 0.3) is 0 Å². The summed E-state index contributed by atoms with van der Waals surface area (Å²) in [6, 6.07) is 9.35. The van der Waals surface area contributed by atoms with Gasteiger partial charge in [0.2, 0.25) is 0 Å². The second-order valence-corrected chi connectivity index (χ2v) is 7.43. The molecule has 0 fully saturated rings. The van der Waals surface area contributed by atoms with E-state index in [1.807, 2.05) is 24.3 Å². The first-order valence-corrected chi connectivity index (χ1v) is 8.82. The summed E-state index contributed by atoms with van der Waals surface area (Å²) in [5.41, 5.74) is 0.116. The topological polar surface area (TPSA) is 64.7 Å². The van der Waals surface area contributed by atoms with Gasteiger partial charge < -0.3 is 5.32 Å². The largest absolute Gasteiger partial charge is 0.307 e. The summed E-state index contributed by atoms with van der Waals surface area (Å²) in [5.74, 6) is 0.280. The summed E-state index contributed by atoms with van der Waals surface area (Å²) >= 11 is 9.51. The average Bonchev–Trinajstić information content (AvgIpc) is 3.19. The normalized spacial score (nSPS) is 11.5. The number of nitrogens with zero attached hydrogens (tertiary/aromatic N) is 4. The molecule has 130 valence electrons. The minimum Gasteiger partial charge on any atom is -0.307 e. The van der Waals surface area contributed by atoms with Gasteiger partial charge in [-0.05, 0) is 41.4 Å². The third-order valence-corrected chi connectivity index (χ3v) is 4.63. The van der Waals surface area contributed by atoms with Crippen molar-refractivity contribution in [3.8, 4) is 0 Å². The van der Waals surface area contributed by atoms with E-state index < -0.39 is 5.54 Å².